The zero-order valence-corrected chi connectivity index (χ0v) is 18.4. The molecule has 0 bridgehead atoms. The number of carbonyl (C=O) groups excluding carboxylic acids is 1. The zero-order chi connectivity index (χ0) is 21.3. The molecule has 7 nitrogen and oxygen atoms in total. The van der Waals surface area contributed by atoms with Crippen LogP contribution in [0.5, 0.6) is 0 Å². The van der Waals surface area contributed by atoms with Gasteiger partial charge in [0.15, 0.2) is 0 Å². The summed E-state index contributed by atoms with van der Waals surface area (Å²) in [6.45, 7) is 9.17. The highest BCUT2D eigenvalue weighted by atomic mass is 32.1. The highest BCUT2D eigenvalue weighted by Gasteiger charge is 2.51. The summed E-state index contributed by atoms with van der Waals surface area (Å²) in [5.74, 6) is 0.452. The van der Waals surface area contributed by atoms with E-state index in [9.17, 15) is 4.79 Å². The number of urea groups is 1. The summed E-state index contributed by atoms with van der Waals surface area (Å²) in [5, 5.41) is 11.7. The minimum Gasteiger partial charge on any atom is -0.369 e. The van der Waals surface area contributed by atoms with Gasteiger partial charge in [-0.2, -0.15) is 14.7 Å². The van der Waals surface area contributed by atoms with E-state index in [1.54, 1.807) is 0 Å². The van der Waals surface area contributed by atoms with Crippen LogP contribution in [0.3, 0.4) is 0 Å². The molecular formula is C22H29N6OS+. The fourth-order valence-electron chi connectivity index (χ4n) is 4.86. The molecule has 2 fully saturated rings. The van der Waals surface area contributed by atoms with Crippen molar-refractivity contribution in [1.82, 2.24) is 14.4 Å². The Morgan fingerprint density at radius 3 is 2.53 bits per heavy atom. The van der Waals surface area contributed by atoms with Gasteiger partial charge in [0.2, 0.25) is 0 Å². The Bertz CT molecular complexity index is 943. The molecule has 158 valence electrons. The summed E-state index contributed by atoms with van der Waals surface area (Å²) in [7, 11) is 0. The highest BCUT2D eigenvalue weighted by Crippen LogP contribution is 2.40. The number of nitrogens with zero attached hydrogens (tertiary/aromatic N) is 5. The van der Waals surface area contributed by atoms with Gasteiger partial charge in [0.05, 0.1) is 24.9 Å². The SMILES string of the molecule is CC1C[C@H](C)C[N+]1(C(N)=O)c1nc(-c2ccc(N3CCN(CC#N)CC3)cc2)cs1. The summed E-state index contributed by atoms with van der Waals surface area (Å²) < 4.78 is 0.164. The number of anilines is 1. The van der Waals surface area contributed by atoms with E-state index in [4.69, 9.17) is 16.0 Å². The van der Waals surface area contributed by atoms with E-state index in [0.29, 0.717) is 12.5 Å². The van der Waals surface area contributed by atoms with Gasteiger partial charge >= 0.3 is 6.03 Å². The Morgan fingerprint density at radius 1 is 1.27 bits per heavy atom. The maximum Gasteiger partial charge on any atom is 0.421 e. The first-order chi connectivity index (χ1) is 14.4. The molecule has 0 saturated carbocycles. The molecular weight excluding hydrogens is 396 g/mol. The fourth-order valence-corrected chi connectivity index (χ4v) is 5.95. The third-order valence-electron chi connectivity index (χ3n) is 6.52. The third kappa shape index (κ3) is 3.69. The second-order valence-electron chi connectivity index (χ2n) is 8.56. The van der Waals surface area contributed by atoms with Crippen LogP contribution < -0.4 is 15.1 Å². The number of nitriles is 1. The van der Waals surface area contributed by atoms with E-state index in [-0.39, 0.29) is 16.6 Å². The molecule has 0 spiro atoms. The van der Waals surface area contributed by atoms with Gasteiger partial charge in [-0.3, -0.25) is 4.90 Å². The van der Waals surface area contributed by atoms with E-state index in [2.05, 4.69) is 54.0 Å². The lowest BCUT2D eigenvalue weighted by molar-refractivity contribution is 0.205. The number of thiazole rings is 1. The lowest BCUT2D eigenvalue weighted by Gasteiger charge is -2.35. The molecule has 0 aliphatic carbocycles. The number of primary amides is 1. The Hall–Kier alpha value is -2.47. The first-order valence-corrected chi connectivity index (χ1v) is 11.4. The average Bonchev–Trinajstić information content (AvgIpc) is 3.34. The Morgan fingerprint density at radius 2 is 1.97 bits per heavy atom. The maximum atomic E-state index is 12.4. The van der Waals surface area contributed by atoms with Crippen LogP contribution in [-0.2, 0) is 0 Å². The minimum absolute atomic E-state index is 0.151. The van der Waals surface area contributed by atoms with Crippen molar-refractivity contribution in [2.45, 2.75) is 26.3 Å². The quantitative estimate of drug-likeness (QED) is 0.600. The van der Waals surface area contributed by atoms with Gasteiger partial charge in [0.25, 0.3) is 5.13 Å². The second kappa shape index (κ2) is 8.34. The van der Waals surface area contributed by atoms with E-state index >= 15 is 0 Å². The molecule has 30 heavy (non-hydrogen) atoms. The van der Waals surface area contributed by atoms with Crippen LogP contribution >= 0.6 is 11.3 Å². The summed E-state index contributed by atoms with van der Waals surface area (Å²) in [6.07, 6.45) is 0.980. The maximum absolute atomic E-state index is 12.4. The standard InChI is InChI=1S/C22H28N6OS/c1-16-13-17(2)28(14-16,21(24)29)22-25-20(15-30-22)18-3-5-19(6-4-18)27-11-9-26(8-7-23)10-12-27/h3-6,15-17H,8-14H2,1-2H3,(H-,24,29)/p+1/t16-,17?,28?/m0/s1. The molecule has 2 saturated heterocycles. The van der Waals surface area contributed by atoms with Crippen molar-refractivity contribution < 1.29 is 4.79 Å². The summed E-state index contributed by atoms with van der Waals surface area (Å²) in [6, 6.07) is 10.5. The number of aromatic nitrogens is 1. The van der Waals surface area contributed by atoms with Gasteiger partial charge in [-0.25, -0.2) is 4.79 Å². The third-order valence-corrected chi connectivity index (χ3v) is 7.49. The van der Waals surface area contributed by atoms with E-state index in [1.807, 2.05) is 5.38 Å². The molecule has 2 unspecified atom stereocenters. The van der Waals surface area contributed by atoms with Crippen LogP contribution in [0.1, 0.15) is 20.3 Å². The Labute approximate surface area is 181 Å². The molecule has 2 N–H and O–H groups in total. The number of amides is 2. The number of hydrogen-bond acceptors (Lipinski definition) is 6. The number of nitrogens with two attached hydrogens (primary N) is 1. The van der Waals surface area contributed by atoms with Crippen molar-refractivity contribution in [2.24, 2.45) is 11.7 Å². The van der Waals surface area contributed by atoms with Crippen LogP contribution in [0.15, 0.2) is 29.6 Å². The van der Waals surface area contributed by atoms with Crippen LogP contribution in [0.25, 0.3) is 11.3 Å². The van der Waals surface area contributed by atoms with E-state index < -0.39 is 0 Å². The first-order valence-electron chi connectivity index (χ1n) is 10.5. The predicted octanol–water partition coefficient (Wildman–Crippen LogP) is 3.27. The molecule has 2 aliphatic rings. The van der Waals surface area contributed by atoms with Crippen molar-refractivity contribution in [2.75, 3.05) is 44.2 Å². The summed E-state index contributed by atoms with van der Waals surface area (Å²) >= 11 is 1.53. The van der Waals surface area contributed by atoms with Crippen LogP contribution in [0, 0.1) is 17.2 Å². The number of benzene rings is 1. The zero-order valence-electron chi connectivity index (χ0n) is 17.6. The van der Waals surface area contributed by atoms with E-state index in [0.717, 1.165) is 55.5 Å². The van der Waals surface area contributed by atoms with Crippen molar-refractivity contribution >= 4 is 28.2 Å². The minimum atomic E-state index is -0.307. The number of rotatable bonds is 4. The molecule has 3 atom stereocenters. The van der Waals surface area contributed by atoms with Gasteiger partial charge in [-0.1, -0.05) is 30.4 Å². The molecule has 8 heteroatoms. The monoisotopic (exact) mass is 425 g/mol. The van der Waals surface area contributed by atoms with Gasteiger partial charge in [-0.05, 0) is 19.1 Å². The number of quaternary nitrogens is 1. The first kappa shape index (κ1) is 20.8. The number of piperazine rings is 1. The predicted molar refractivity (Wildman–Crippen MR) is 121 cm³/mol. The van der Waals surface area contributed by atoms with Crippen LogP contribution in [0.4, 0.5) is 15.6 Å². The molecule has 3 heterocycles. The van der Waals surface area contributed by atoms with Gasteiger partial charge in [0.1, 0.15) is 6.04 Å². The second-order valence-corrected chi connectivity index (χ2v) is 9.40. The summed E-state index contributed by atoms with van der Waals surface area (Å²) in [4.78, 5) is 21.8. The average molecular weight is 426 g/mol. The highest BCUT2D eigenvalue weighted by molar-refractivity contribution is 7.14. The van der Waals surface area contributed by atoms with Crippen LogP contribution in [0.2, 0.25) is 0 Å². The molecule has 2 amide bonds. The van der Waals surface area contributed by atoms with Crippen LogP contribution in [-0.4, -0.2) is 61.2 Å². The largest absolute Gasteiger partial charge is 0.421 e. The Balaban J connectivity index is 1.51. The Kier molecular flexibility index (Phi) is 5.78. The number of likely N-dealkylation sites (tertiary alicyclic amines) is 1. The molecule has 0 radical (unpaired) electrons. The molecule has 2 aliphatic heterocycles. The molecule has 4 rings (SSSR count). The number of hydrogen-bond donors (Lipinski definition) is 1. The van der Waals surface area contributed by atoms with Crippen molar-refractivity contribution in [1.29, 1.82) is 5.26 Å². The van der Waals surface area contributed by atoms with Crippen molar-refractivity contribution in [3.8, 4) is 17.3 Å². The van der Waals surface area contributed by atoms with Crippen molar-refractivity contribution in [3.63, 3.8) is 0 Å². The van der Waals surface area contributed by atoms with Crippen molar-refractivity contribution in [3.05, 3.63) is 29.6 Å². The van der Waals surface area contributed by atoms with E-state index in [1.165, 1.54) is 17.0 Å². The normalized spacial score (nSPS) is 27.2. The lowest BCUT2D eigenvalue weighted by atomic mass is 10.1. The topological polar surface area (TPSA) is 86.2 Å². The summed E-state index contributed by atoms with van der Waals surface area (Å²) in [5.41, 5.74) is 9.00. The van der Waals surface area contributed by atoms with Gasteiger partial charge in [0, 0.05) is 55.1 Å². The smallest absolute Gasteiger partial charge is 0.369 e. The number of carbonyl (C=O) groups is 1. The molecule has 1 aromatic heterocycles. The molecule has 2 aromatic rings. The lowest BCUT2D eigenvalue weighted by Crippen LogP contribution is -2.59. The fraction of sp³-hybridized carbons (Fsp3) is 0.500. The van der Waals surface area contributed by atoms with Gasteiger partial charge in [-0.15, -0.1) is 0 Å². The van der Waals surface area contributed by atoms with Gasteiger partial charge < -0.3 is 10.6 Å². The molecule has 1 aromatic carbocycles.